The fraction of sp³-hybridized carbons (Fsp3) is 0.324. The van der Waals surface area contributed by atoms with Crippen LogP contribution in [0.5, 0.6) is 0 Å². The number of carbonyl (C=O) groups excluding carboxylic acids is 5. The Kier molecular flexibility index (Phi) is 12.6. The van der Waals surface area contributed by atoms with Gasteiger partial charge in [0.2, 0.25) is 6.29 Å². The minimum Gasteiger partial charge on any atom is -0.435 e. The number of hydrogen-bond donors (Lipinski definition) is 4. The van der Waals surface area contributed by atoms with Gasteiger partial charge in [-0.25, -0.2) is 14.4 Å². The Hall–Kier alpha value is -4.81. The molecule has 4 N–H and O–H groups in total. The summed E-state index contributed by atoms with van der Waals surface area (Å²) in [5.74, 6) is -2.39. The zero-order valence-corrected chi connectivity index (χ0v) is 28.1. The third-order valence-electron chi connectivity index (χ3n) is 7.37. The molecule has 0 heterocycles. The van der Waals surface area contributed by atoms with Crippen molar-refractivity contribution in [2.75, 3.05) is 13.2 Å². The molecule has 0 saturated carbocycles. The number of urea groups is 1. The van der Waals surface area contributed by atoms with Crippen LogP contribution in [0.15, 0.2) is 60.7 Å². The highest BCUT2D eigenvalue weighted by molar-refractivity contribution is 6.40. The molecule has 1 aliphatic carbocycles. The van der Waals surface area contributed by atoms with Crippen molar-refractivity contribution in [3.63, 3.8) is 0 Å². The van der Waals surface area contributed by atoms with Crippen LogP contribution in [0.4, 0.5) is 9.59 Å². The first-order valence-corrected chi connectivity index (χ1v) is 16.0. The Morgan fingerprint density at radius 2 is 1.65 bits per heavy atom. The van der Waals surface area contributed by atoms with Crippen LogP contribution in [0.2, 0.25) is 10.0 Å². The number of hydrogen-bond acceptors (Lipinski definition) is 8. The Morgan fingerprint density at radius 3 is 2.35 bits per heavy atom. The number of carbonyl (C=O) groups is 5. The van der Waals surface area contributed by atoms with E-state index in [0.717, 1.165) is 28.7 Å². The number of benzene rings is 3. The minimum atomic E-state index is -1.48. The molecule has 4 amide bonds. The lowest BCUT2D eigenvalue weighted by atomic mass is 10.1. The number of ether oxygens (including phenoxy) is 3. The Labute approximate surface area is 287 Å². The SMILES string of the molecule is CCOC(=O)OC(C)OC(=O)C(CNC(=O)NC1CCc2ccccc21)NC(=O)c1c(Cl)cc(C(=O)NCc2cccc(C)c2)cc1Cl. The third-order valence-corrected chi connectivity index (χ3v) is 7.96. The van der Waals surface area contributed by atoms with Crippen molar-refractivity contribution in [2.45, 2.75) is 58.5 Å². The van der Waals surface area contributed by atoms with E-state index in [4.69, 9.17) is 37.4 Å². The second kappa shape index (κ2) is 16.8. The van der Waals surface area contributed by atoms with E-state index in [9.17, 15) is 24.0 Å². The molecule has 0 radical (unpaired) electrons. The zero-order valence-electron chi connectivity index (χ0n) is 26.6. The molecule has 254 valence electrons. The third kappa shape index (κ3) is 9.85. The number of esters is 1. The van der Waals surface area contributed by atoms with E-state index in [1.807, 2.05) is 55.5 Å². The highest BCUT2D eigenvalue weighted by atomic mass is 35.5. The van der Waals surface area contributed by atoms with Crippen LogP contribution in [0.25, 0.3) is 0 Å². The fourth-order valence-corrected chi connectivity index (χ4v) is 5.78. The van der Waals surface area contributed by atoms with Gasteiger partial charge in [0.05, 0.1) is 34.8 Å². The van der Waals surface area contributed by atoms with Gasteiger partial charge < -0.3 is 35.5 Å². The molecule has 14 heteroatoms. The van der Waals surface area contributed by atoms with Gasteiger partial charge in [-0.1, -0.05) is 77.3 Å². The Balaban J connectivity index is 1.44. The predicted octanol–water partition coefficient (Wildman–Crippen LogP) is 5.38. The molecule has 0 bridgehead atoms. The molecule has 3 aromatic rings. The molecule has 0 spiro atoms. The normalized spacial score (nSPS) is 14.5. The lowest BCUT2D eigenvalue weighted by Gasteiger charge is -2.22. The molecule has 1 aliphatic rings. The van der Waals surface area contributed by atoms with E-state index in [1.54, 1.807) is 6.92 Å². The summed E-state index contributed by atoms with van der Waals surface area (Å²) in [5.41, 5.74) is 3.97. The van der Waals surface area contributed by atoms with E-state index in [2.05, 4.69) is 21.3 Å². The summed E-state index contributed by atoms with van der Waals surface area (Å²) in [5, 5.41) is 10.4. The summed E-state index contributed by atoms with van der Waals surface area (Å²) in [4.78, 5) is 63.9. The number of rotatable bonds is 12. The molecular formula is C34H36Cl2N4O8. The summed E-state index contributed by atoms with van der Waals surface area (Å²) in [6.07, 6.45) is -0.938. The number of aryl methyl sites for hydroxylation is 2. The molecule has 3 aromatic carbocycles. The number of fused-ring (bicyclic) bond motifs is 1. The molecule has 0 aliphatic heterocycles. The van der Waals surface area contributed by atoms with Crippen LogP contribution in [0, 0.1) is 6.92 Å². The van der Waals surface area contributed by atoms with Crippen molar-refractivity contribution in [3.8, 4) is 0 Å². The van der Waals surface area contributed by atoms with Gasteiger partial charge in [-0.15, -0.1) is 0 Å². The van der Waals surface area contributed by atoms with E-state index >= 15 is 0 Å². The highest BCUT2D eigenvalue weighted by Crippen LogP contribution is 2.30. The van der Waals surface area contributed by atoms with Gasteiger partial charge in [0, 0.05) is 19.0 Å². The maximum atomic E-state index is 13.4. The van der Waals surface area contributed by atoms with Crippen LogP contribution < -0.4 is 21.3 Å². The van der Waals surface area contributed by atoms with Crippen LogP contribution in [-0.2, 0) is 32.0 Å². The first-order valence-electron chi connectivity index (χ1n) is 15.2. The van der Waals surface area contributed by atoms with Crippen LogP contribution in [-0.4, -0.2) is 55.5 Å². The lowest BCUT2D eigenvalue weighted by Crippen LogP contribution is -2.51. The number of nitrogens with one attached hydrogen (secondary N) is 4. The van der Waals surface area contributed by atoms with Gasteiger partial charge in [-0.2, -0.15) is 0 Å². The largest absolute Gasteiger partial charge is 0.511 e. The maximum Gasteiger partial charge on any atom is 0.511 e. The van der Waals surface area contributed by atoms with E-state index < -0.39 is 48.8 Å². The van der Waals surface area contributed by atoms with Crippen LogP contribution in [0.3, 0.4) is 0 Å². The second-order valence-corrected chi connectivity index (χ2v) is 11.8. The molecule has 0 fully saturated rings. The molecule has 3 atom stereocenters. The summed E-state index contributed by atoms with van der Waals surface area (Å²) < 4.78 is 14.8. The van der Waals surface area contributed by atoms with Gasteiger partial charge in [-0.05, 0) is 55.5 Å². The summed E-state index contributed by atoms with van der Waals surface area (Å²) in [7, 11) is 0. The number of halogens is 2. The van der Waals surface area contributed by atoms with Crippen LogP contribution in [0.1, 0.15) is 69.3 Å². The fourth-order valence-electron chi connectivity index (χ4n) is 5.12. The smallest absolute Gasteiger partial charge is 0.435 e. The summed E-state index contributed by atoms with van der Waals surface area (Å²) in [6, 6.07) is 15.6. The molecular weight excluding hydrogens is 663 g/mol. The average molecular weight is 700 g/mol. The van der Waals surface area contributed by atoms with Gasteiger partial charge in [0.25, 0.3) is 11.8 Å². The maximum absolute atomic E-state index is 13.4. The molecule has 4 rings (SSSR count). The minimum absolute atomic E-state index is 0.0391. The van der Waals surface area contributed by atoms with Crippen molar-refractivity contribution >= 4 is 53.2 Å². The molecule has 48 heavy (non-hydrogen) atoms. The van der Waals surface area contributed by atoms with Gasteiger partial charge in [0.15, 0.2) is 0 Å². The molecule has 0 aromatic heterocycles. The lowest BCUT2D eigenvalue weighted by molar-refractivity contribution is -0.170. The van der Waals surface area contributed by atoms with E-state index in [1.165, 1.54) is 19.1 Å². The van der Waals surface area contributed by atoms with E-state index in [0.29, 0.717) is 6.42 Å². The van der Waals surface area contributed by atoms with Crippen molar-refractivity contribution < 1.29 is 38.2 Å². The summed E-state index contributed by atoms with van der Waals surface area (Å²) in [6.45, 7) is 4.68. The Morgan fingerprint density at radius 1 is 0.917 bits per heavy atom. The van der Waals surface area contributed by atoms with Gasteiger partial charge in [0.1, 0.15) is 6.04 Å². The standard InChI is InChI=1S/C34H36Cl2N4O8/c1-4-46-34(45)48-20(3)47-32(43)28(18-38-33(44)40-27-13-12-22-10-5-6-11-24(22)27)39-31(42)29-25(35)15-23(16-26(29)36)30(41)37-17-21-9-7-8-19(2)14-21/h5-11,14-16,20,27-28H,4,12-13,17-18H2,1-3H3,(H,37,41)(H,39,42)(H2,38,40,44). The second-order valence-electron chi connectivity index (χ2n) is 11.0. The monoisotopic (exact) mass is 698 g/mol. The van der Waals surface area contributed by atoms with Gasteiger partial charge >= 0.3 is 18.2 Å². The Bertz CT molecular complexity index is 1660. The molecule has 12 nitrogen and oxygen atoms in total. The number of amides is 4. The summed E-state index contributed by atoms with van der Waals surface area (Å²) >= 11 is 12.8. The van der Waals surface area contributed by atoms with Gasteiger partial charge in [-0.3, -0.25) is 9.59 Å². The van der Waals surface area contributed by atoms with E-state index in [-0.39, 0.29) is 40.4 Å². The molecule has 3 unspecified atom stereocenters. The van der Waals surface area contributed by atoms with Crippen molar-refractivity contribution in [1.82, 2.24) is 21.3 Å². The first kappa shape index (κ1) is 36.0. The topological polar surface area (TPSA) is 161 Å². The van der Waals surface area contributed by atoms with Crippen molar-refractivity contribution in [2.24, 2.45) is 0 Å². The quantitative estimate of drug-likeness (QED) is 0.145. The van der Waals surface area contributed by atoms with Crippen molar-refractivity contribution in [3.05, 3.63) is 104 Å². The zero-order chi connectivity index (χ0) is 34.8. The average Bonchev–Trinajstić information content (AvgIpc) is 3.43. The van der Waals surface area contributed by atoms with Crippen molar-refractivity contribution in [1.29, 1.82) is 0 Å². The first-order chi connectivity index (χ1) is 22.9. The predicted molar refractivity (Wildman–Crippen MR) is 178 cm³/mol. The molecule has 0 saturated heterocycles. The highest BCUT2D eigenvalue weighted by Gasteiger charge is 2.30. The van der Waals surface area contributed by atoms with Crippen LogP contribution >= 0.6 is 23.2 Å².